The maximum Gasteiger partial charge on any atom is 0.331 e. The van der Waals surface area contributed by atoms with Crippen LogP contribution in [0, 0.1) is 5.41 Å². The van der Waals surface area contributed by atoms with E-state index in [2.05, 4.69) is 0 Å². The standard InChI is InChI=1S/C14H22N4O3.ClH/c1-14(2)9-18(6-4-10(14)15)12(20)8-17-7-5-11(19)16(3)13(17)21;/h5,7,10H,4,6,8-9,15H2,1-3H3;1H. The fourth-order valence-corrected chi connectivity index (χ4v) is 2.57. The van der Waals surface area contributed by atoms with Gasteiger partial charge in [0.15, 0.2) is 0 Å². The fraction of sp³-hybridized carbons (Fsp3) is 0.643. The molecule has 1 aromatic rings. The molecule has 0 radical (unpaired) electrons. The Bertz CT molecular complexity index is 665. The highest BCUT2D eigenvalue weighted by Gasteiger charge is 2.35. The third-order valence-electron chi connectivity index (χ3n) is 4.23. The molecule has 22 heavy (non-hydrogen) atoms. The maximum atomic E-state index is 12.3. The molecule has 1 fully saturated rings. The van der Waals surface area contributed by atoms with E-state index in [0.717, 1.165) is 11.0 Å². The van der Waals surface area contributed by atoms with Gasteiger partial charge in [-0.1, -0.05) is 13.8 Å². The van der Waals surface area contributed by atoms with Gasteiger partial charge in [-0.05, 0) is 11.8 Å². The Morgan fingerprint density at radius 3 is 2.64 bits per heavy atom. The molecule has 2 N–H and O–H groups in total. The number of likely N-dealkylation sites (tertiary alicyclic amines) is 1. The molecule has 0 bridgehead atoms. The molecule has 8 heteroatoms. The van der Waals surface area contributed by atoms with E-state index in [1.165, 1.54) is 23.9 Å². The molecule has 2 rings (SSSR count). The minimum atomic E-state index is -0.483. The first-order valence-electron chi connectivity index (χ1n) is 7.02. The SMILES string of the molecule is Cl.Cn1c(=O)ccn(CC(=O)N2CCC(N)C(C)(C)C2)c1=O. The van der Waals surface area contributed by atoms with Gasteiger partial charge in [-0.3, -0.25) is 18.7 Å². The van der Waals surface area contributed by atoms with Crippen LogP contribution in [0.3, 0.4) is 0 Å². The van der Waals surface area contributed by atoms with Crippen molar-refractivity contribution in [1.29, 1.82) is 0 Å². The quantitative estimate of drug-likeness (QED) is 0.795. The van der Waals surface area contributed by atoms with E-state index in [1.807, 2.05) is 13.8 Å². The van der Waals surface area contributed by atoms with Gasteiger partial charge in [0, 0.05) is 38.4 Å². The number of amides is 1. The topological polar surface area (TPSA) is 90.3 Å². The van der Waals surface area contributed by atoms with Gasteiger partial charge < -0.3 is 10.6 Å². The molecule has 1 atom stereocenters. The van der Waals surface area contributed by atoms with Crippen molar-refractivity contribution < 1.29 is 4.79 Å². The predicted molar refractivity (Wildman–Crippen MR) is 86.1 cm³/mol. The largest absolute Gasteiger partial charge is 0.340 e. The minimum absolute atomic E-state index is 0. The zero-order chi connectivity index (χ0) is 15.8. The first-order chi connectivity index (χ1) is 9.72. The molecule has 1 unspecified atom stereocenters. The Balaban J connectivity index is 0.00000242. The molecule has 0 aliphatic carbocycles. The number of aromatic nitrogens is 2. The summed E-state index contributed by atoms with van der Waals surface area (Å²) in [5.74, 6) is -0.129. The third kappa shape index (κ3) is 3.59. The van der Waals surface area contributed by atoms with Crippen LogP contribution in [0.25, 0.3) is 0 Å². The number of halogens is 1. The van der Waals surface area contributed by atoms with Crippen molar-refractivity contribution in [3.05, 3.63) is 33.1 Å². The van der Waals surface area contributed by atoms with Gasteiger partial charge >= 0.3 is 5.69 Å². The Hall–Kier alpha value is -1.60. The summed E-state index contributed by atoms with van der Waals surface area (Å²) in [7, 11) is 1.40. The lowest BCUT2D eigenvalue weighted by atomic mass is 9.79. The maximum absolute atomic E-state index is 12.3. The Morgan fingerprint density at radius 1 is 1.41 bits per heavy atom. The molecule has 1 aromatic heterocycles. The second-order valence-electron chi connectivity index (χ2n) is 6.32. The summed E-state index contributed by atoms with van der Waals surface area (Å²) in [5.41, 5.74) is 5.06. The normalized spacial score (nSPS) is 20.4. The Labute approximate surface area is 135 Å². The molecule has 1 aliphatic heterocycles. The number of nitrogens with zero attached hydrogens (tertiary/aromatic N) is 3. The minimum Gasteiger partial charge on any atom is -0.340 e. The van der Waals surface area contributed by atoms with Gasteiger partial charge in [-0.2, -0.15) is 0 Å². The van der Waals surface area contributed by atoms with E-state index in [-0.39, 0.29) is 41.9 Å². The molecular formula is C14H23ClN4O3. The molecule has 1 aliphatic rings. The molecule has 2 heterocycles. The zero-order valence-electron chi connectivity index (χ0n) is 13.1. The molecule has 0 saturated carbocycles. The van der Waals surface area contributed by atoms with Gasteiger partial charge in [-0.15, -0.1) is 12.4 Å². The highest BCUT2D eigenvalue weighted by Crippen LogP contribution is 2.27. The van der Waals surface area contributed by atoms with Crippen molar-refractivity contribution in [2.75, 3.05) is 13.1 Å². The molecule has 1 amide bonds. The number of hydrogen-bond donors (Lipinski definition) is 1. The summed E-state index contributed by atoms with van der Waals surface area (Å²) in [6, 6.07) is 1.35. The second kappa shape index (κ2) is 6.66. The van der Waals surface area contributed by atoms with Crippen molar-refractivity contribution in [3.63, 3.8) is 0 Å². The molecule has 7 nitrogen and oxygen atoms in total. The van der Waals surface area contributed by atoms with Crippen LogP contribution in [-0.4, -0.2) is 39.1 Å². The monoisotopic (exact) mass is 330 g/mol. The van der Waals surface area contributed by atoms with Gasteiger partial charge in [-0.25, -0.2) is 4.79 Å². The fourth-order valence-electron chi connectivity index (χ4n) is 2.57. The van der Waals surface area contributed by atoms with E-state index in [1.54, 1.807) is 4.90 Å². The molecule has 0 spiro atoms. The first-order valence-corrected chi connectivity index (χ1v) is 7.02. The van der Waals surface area contributed by atoms with Gasteiger partial charge in [0.05, 0.1) is 0 Å². The van der Waals surface area contributed by atoms with E-state index in [0.29, 0.717) is 13.1 Å². The van der Waals surface area contributed by atoms with E-state index < -0.39 is 5.69 Å². The lowest BCUT2D eigenvalue weighted by Crippen LogP contribution is -2.55. The van der Waals surface area contributed by atoms with Crippen molar-refractivity contribution >= 4 is 18.3 Å². The van der Waals surface area contributed by atoms with Crippen molar-refractivity contribution in [3.8, 4) is 0 Å². The number of carbonyl (C=O) groups is 1. The van der Waals surface area contributed by atoms with Crippen LogP contribution < -0.4 is 17.0 Å². The summed E-state index contributed by atoms with van der Waals surface area (Å²) >= 11 is 0. The van der Waals surface area contributed by atoms with Gasteiger partial charge in [0.1, 0.15) is 6.54 Å². The average molecular weight is 331 g/mol. The van der Waals surface area contributed by atoms with Crippen LogP contribution >= 0.6 is 12.4 Å². The molecule has 0 aromatic carbocycles. The third-order valence-corrected chi connectivity index (χ3v) is 4.23. The molecular weight excluding hydrogens is 308 g/mol. The summed E-state index contributed by atoms with van der Waals surface area (Å²) in [6.45, 7) is 5.20. The van der Waals surface area contributed by atoms with Crippen LogP contribution in [0.4, 0.5) is 0 Å². The predicted octanol–water partition coefficient (Wildman–Crippen LogP) is -0.445. The summed E-state index contributed by atoms with van der Waals surface area (Å²) in [4.78, 5) is 37.3. The van der Waals surface area contributed by atoms with Crippen LogP contribution in [0.15, 0.2) is 21.9 Å². The smallest absolute Gasteiger partial charge is 0.331 e. The summed E-state index contributed by atoms with van der Waals surface area (Å²) in [5, 5.41) is 0. The number of carbonyl (C=O) groups excluding carboxylic acids is 1. The molecule has 1 saturated heterocycles. The van der Waals surface area contributed by atoms with Crippen molar-refractivity contribution in [1.82, 2.24) is 14.0 Å². The Kier molecular flexibility index (Phi) is 5.59. The van der Waals surface area contributed by atoms with Crippen LogP contribution in [0.1, 0.15) is 20.3 Å². The van der Waals surface area contributed by atoms with Crippen LogP contribution in [0.5, 0.6) is 0 Å². The van der Waals surface area contributed by atoms with E-state index in [4.69, 9.17) is 5.73 Å². The molecule has 124 valence electrons. The lowest BCUT2D eigenvalue weighted by molar-refractivity contribution is -0.135. The number of nitrogens with two attached hydrogens (primary N) is 1. The number of hydrogen-bond acceptors (Lipinski definition) is 4. The average Bonchev–Trinajstić information content (AvgIpc) is 2.42. The first kappa shape index (κ1) is 18.4. The highest BCUT2D eigenvalue weighted by molar-refractivity contribution is 5.85. The van der Waals surface area contributed by atoms with Gasteiger partial charge in [0.25, 0.3) is 5.56 Å². The van der Waals surface area contributed by atoms with Gasteiger partial charge in [0.2, 0.25) is 5.91 Å². The van der Waals surface area contributed by atoms with Crippen LogP contribution in [0.2, 0.25) is 0 Å². The lowest BCUT2D eigenvalue weighted by Gasteiger charge is -2.42. The van der Waals surface area contributed by atoms with Crippen molar-refractivity contribution in [2.24, 2.45) is 18.2 Å². The van der Waals surface area contributed by atoms with Crippen LogP contribution in [-0.2, 0) is 18.4 Å². The van der Waals surface area contributed by atoms with Crippen molar-refractivity contribution in [2.45, 2.75) is 32.9 Å². The summed E-state index contributed by atoms with van der Waals surface area (Å²) in [6.07, 6.45) is 2.12. The highest BCUT2D eigenvalue weighted by atomic mass is 35.5. The number of rotatable bonds is 2. The summed E-state index contributed by atoms with van der Waals surface area (Å²) < 4.78 is 2.24. The van der Waals surface area contributed by atoms with E-state index in [9.17, 15) is 14.4 Å². The zero-order valence-corrected chi connectivity index (χ0v) is 13.9. The number of piperidine rings is 1. The Morgan fingerprint density at radius 2 is 2.05 bits per heavy atom. The second-order valence-corrected chi connectivity index (χ2v) is 6.32. The van der Waals surface area contributed by atoms with E-state index >= 15 is 0 Å².